The Balaban J connectivity index is 1.78. The van der Waals surface area contributed by atoms with E-state index in [0.29, 0.717) is 0 Å². The van der Waals surface area contributed by atoms with E-state index < -0.39 is 0 Å². The Morgan fingerprint density at radius 2 is 2.30 bits per heavy atom. The number of aromatic amines is 2. The van der Waals surface area contributed by atoms with Crippen LogP contribution in [0.4, 0.5) is 0 Å². The predicted octanol–water partition coefficient (Wildman–Crippen LogP) is 3.18. The number of nitrogens with zero attached hydrogens (tertiary/aromatic N) is 2. The predicted molar refractivity (Wildman–Crippen MR) is 90.7 cm³/mol. The highest BCUT2D eigenvalue weighted by molar-refractivity contribution is 5.81. The van der Waals surface area contributed by atoms with Crippen molar-refractivity contribution in [2.45, 2.75) is 25.4 Å². The van der Waals surface area contributed by atoms with Crippen molar-refractivity contribution >= 4 is 11.0 Å². The van der Waals surface area contributed by atoms with Gasteiger partial charge in [0, 0.05) is 36.1 Å². The molecular weight excluding hydrogens is 286 g/mol. The monoisotopic (exact) mass is 305 g/mol. The van der Waals surface area contributed by atoms with E-state index in [9.17, 15) is 0 Å². The van der Waals surface area contributed by atoms with Crippen LogP contribution >= 0.6 is 0 Å². The van der Waals surface area contributed by atoms with Crippen molar-refractivity contribution in [3.8, 4) is 0 Å². The Morgan fingerprint density at radius 3 is 3.13 bits per heavy atom. The zero-order valence-corrected chi connectivity index (χ0v) is 13.0. The van der Waals surface area contributed by atoms with E-state index in [0.717, 1.165) is 29.6 Å². The van der Waals surface area contributed by atoms with Gasteiger partial charge in [-0.3, -0.25) is 10.4 Å². The number of hydrogen-bond donors (Lipinski definition) is 3. The standard InChI is InChI=1S/C18H19N5/c1-13-3-2-6-18(9-13,21-10-14-11-22-23-12-14)16-5-8-20-17-15(16)4-7-19-17/h2-8,11-12,21H,9-10H2,1H3,(H,19,20)(H,22,23). The van der Waals surface area contributed by atoms with E-state index in [4.69, 9.17) is 0 Å². The molecule has 3 aromatic heterocycles. The molecule has 0 saturated heterocycles. The lowest BCUT2D eigenvalue weighted by molar-refractivity contribution is 0.408. The molecule has 4 rings (SSSR count). The molecule has 5 nitrogen and oxygen atoms in total. The first-order chi connectivity index (χ1) is 11.3. The first kappa shape index (κ1) is 14.0. The second kappa shape index (κ2) is 5.52. The highest BCUT2D eigenvalue weighted by Gasteiger charge is 2.32. The number of pyridine rings is 1. The number of H-pyrrole nitrogens is 2. The Morgan fingerprint density at radius 1 is 1.35 bits per heavy atom. The van der Waals surface area contributed by atoms with Crippen LogP contribution in [-0.2, 0) is 12.1 Å². The van der Waals surface area contributed by atoms with Crippen LogP contribution < -0.4 is 5.32 Å². The summed E-state index contributed by atoms with van der Waals surface area (Å²) in [6.45, 7) is 2.93. The second-order valence-corrected chi connectivity index (χ2v) is 6.08. The van der Waals surface area contributed by atoms with E-state index in [1.807, 2.05) is 24.8 Å². The normalized spacial score (nSPS) is 20.8. The van der Waals surface area contributed by atoms with Crippen molar-refractivity contribution < 1.29 is 0 Å². The van der Waals surface area contributed by atoms with Gasteiger partial charge in [0.1, 0.15) is 5.65 Å². The van der Waals surface area contributed by atoms with Crippen molar-refractivity contribution in [1.29, 1.82) is 0 Å². The van der Waals surface area contributed by atoms with Crippen molar-refractivity contribution in [3.05, 3.63) is 71.8 Å². The van der Waals surface area contributed by atoms with Gasteiger partial charge in [0.05, 0.1) is 11.7 Å². The summed E-state index contributed by atoms with van der Waals surface area (Å²) in [5, 5.41) is 11.8. The van der Waals surface area contributed by atoms with Gasteiger partial charge < -0.3 is 4.98 Å². The van der Waals surface area contributed by atoms with Gasteiger partial charge in [-0.1, -0.05) is 23.8 Å². The molecule has 116 valence electrons. The van der Waals surface area contributed by atoms with Gasteiger partial charge in [-0.25, -0.2) is 4.98 Å². The molecule has 3 aromatic rings. The number of allylic oxidation sites excluding steroid dienone is 2. The minimum Gasteiger partial charge on any atom is -0.346 e. The zero-order valence-electron chi connectivity index (χ0n) is 13.0. The third kappa shape index (κ3) is 2.49. The topological polar surface area (TPSA) is 69.4 Å². The van der Waals surface area contributed by atoms with Gasteiger partial charge in [-0.15, -0.1) is 0 Å². The zero-order chi connectivity index (χ0) is 15.7. The number of aromatic nitrogens is 4. The van der Waals surface area contributed by atoms with Crippen molar-refractivity contribution in [1.82, 2.24) is 25.5 Å². The summed E-state index contributed by atoms with van der Waals surface area (Å²) < 4.78 is 0. The summed E-state index contributed by atoms with van der Waals surface area (Å²) in [6.07, 6.45) is 15.1. The number of hydrogen-bond acceptors (Lipinski definition) is 3. The van der Waals surface area contributed by atoms with E-state index >= 15 is 0 Å². The maximum absolute atomic E-state index is 4.42. The smallest absolute Gasteiger partial charge is 0.137 e. The summed E-state index contributed by atoms with van der Waals surface area (Å²) in [5.41, 5.74) is 4.43. The molecule has 0 saturated carbocycles. The molecule has 3 N–H and O–H groups in total. The van der Waals surface area contributed by atoms with Gasteiger partial charge in [-0.2, -0.15) is 5.10 Å². The van der Waals surface area contributed by atoms with Crippen LogP contribution in [0.25, 0.3) is 11.0 Å². The summed E-state index contributed by atoms with van der Waals surface area (Å²) in [7, 11) is 0. The van der Waals surface area contributed by atoms with Crippen LogP contribution in [0.1, 0.15) is 24.5 Å². The lowest BCUT2D eigenvalue weighted by Crippen LogP contribution is -2.41. The molecular formula is C18H19N5. The largest absolute Gasteiger partial charge is 0.346 e. The van der Waals surface area contributed by atoms with Crippen LogP contribution in [0.15, 0.2) is 60.7 Å². The molecule has 0 spiro atoms. The molecule has 1 atom stereocenters. The highest BCUT2D eigenvalue weighted by atomic mass is 15.1. The van der Waals surface area contributed by atoms with Crippen LogP contribution in [0, 0.1) is 0 Å². The average Bonchev–Trinajstić information content (AvgIpc) is 3.24. The van der Waals surface area contributed by atoms with Crippen LogP contribution in [0.3, 0.4) is 0 Å². The Hall–Kier alpha value is -2.66. The maximum atomic E-state index is 4.42. The molecule has 0 fully saturated rings. The fourth-order valence-corrected chi connectivity index (χ4v) is 3.32. The third-order valence-corrected chi connectivity index (χ3v) is 4.42. The number of rotatable bonds is 4. The van der Waals surface area contributed by atoms with Crippen molar-refractivity contribution in [2.75, 3.05) is 0 Å². The Bertz CT molecular complexity index is 872. The average molecular weight is 305 g/mol. The van der Waals surface area contributed by atoms with Crippen LogP contribution in [0.2, 0.25) is 0 Å². The van der Waals surface area contributed by atoms with Gasteiger partial charge in [-0.05, 0) is 31.0 Å². The molecule has 0 amide bonds. The van der Waals surface area contributed by atoms with Crippen molar-refractivity contribution in [2.24, 2.45) is 0 Å². The van der Waals surface area contributed by atoms with E-state index in [-0.39, 0.29) is 5.54 Å². The first-order valence-corrected chi connectivity index (χ1v) is 7.77. The molecule has 3 heterocycles. The number of fused-ring (bicyclic) bond motifs is 1. The second-order valence-electron chi connectivity index (χ2n) is 6.08. The lowest BCUT2D eigenvalue weighted by Gasteiger charge is -2.35. The van der Waals surface area contributed by atoms with E-state index in [2.05, 4.69) is 62.8 Å². The van der Waals surface area contributed by atoms with Crippen LogP contribution in [-0.4, -0.2) is 20.2 Å². The fourth-order valence-electron chi connectivity index (χ4n) is 3.32. The molecule has 1 aliphatic rings. The van der Waals surface area contributed by atoms with Gasteiger partial charge in [0.2, 0.25) is 0 Å². The summed E-state index contributed by atoms with van der Waals surface area (Å²) in [6, 6.07) is 4.21. The highest BCUT2D eigenvalue weighted by Crippen LogP contribution is 2.36. The fraction of sp³-hybridized carbons (Fsp3) is 0.222. The van der Waals surface area contributed by atoms with Crippen molar-refractivity contribution in [3.63, 3.8) is 0 Å². The van der Waals surface area contributed by atoms with Gasteiger partial charge >= 0.3 is 0 Å². The molecule has 1 aliphatic carbocycles. The Labute approximate surface area is 134 Å². The molecule has 0 radical (unpaired) electrons. The summed E-state index contributed by atoms with van der Waals surface area (Å²) >= 11 is 0. The minimum absolute atomic E-state index is 0.237. The summed E-state index contributed by atoms with van der Waals surface area (Å²) in [5.74, 6) is 0. The molecule has 0 bridgehead atoms. The van der Waals surface area contributed by atoms with E-state index in [1.165, 1.54) is 11.1 Å². The SMILES string of the molecule is CC1=CC=CC(NCc2cn[nH]c2)(c2ccnc3[nH]ccc23)C1. The maximum Gasteiger partial charge on any atom is 0.137 e. The Kier molecular flexibility index (Phi) is 3.35. The van der Waals surface area contributed by atoms with Crippen LogP contribution in [0.5, 0.6) is 0 Å². The molecule has 23 heavy (non-hydrogen) atoms. The first-order valence-electron chi connectivity index (χ1n) is 7.77. The minimum atomic E-state index is -0.237. The number of nitrogens with one attached hydrogen (secondary N) is 3. The molecule has 0 aliphatic heterocycles. The van der Waals surface area contributed by atoms with Gasteiger partial charge in [0.15, 0.2) is 0 Å². The van der Waals surface area contributed by atoms with Gasteiger partial charge in [0.25, 0.3) is 0 Å². The third-order valence-electron chi connectivity index (χ3n) is 4.42. The summed E-state index contributed by atoms with van der Waals surface area (Å²) in [4.78, 5) is 7.62. The molecule has 0 aromatic carbocycles. The molecule has 5 heteroatoms. The molecule has 1 unspecified atom stereocenters. The quantitative estimate of drug-likeness (QED) is 0.693. The lowest BCUT2D eigenvalue weighted by atomic mass is 9.80. The van der Waals surface area contributed by atoms with E-state index in [1.54, 1.807) is 0 Å².